The van der Waals surface area contributed by atoms with E-state index in [1.807, 2.05) is 19.1 Å². The van der Waals surface area contributed by atoms with Crippen LogP contribution in [0.4, 0.5) is 0 Å². The minimum atomic E-state index is -0.655. The summed E-state index contributed by atoms with van der Waals surface area (Å²) in [5.41, 5.74) is 4.84. The highest BCUT2D eigenvalue weighted by Gasteiger charge is 2.11. The van der Waals surface area contributed by atoms with E-state index in [1.54, 1.807) is 24.3 Å². The number of hydrogen-bond acceptors (Lipinski definition) is 6. The maximum atomic E-state index is 12.2. The number of rotatable bonds is 6. The molecule has 0 saturated heterocycles. The molecule has 1 amide bonds. The zero-order valence-electron chi connectivity index (χ0n) is 16.3. The van der Waals surface area contributed by atoms with Crippen molar-refractivity contribution in [1.82, 2.24) is 5.43 Å². The minimum Gasteiger partial charge on any atom is -0.504 e. The summed E-state index contributed by atoms with van der Waals surface area (Å²) in [6, 6.07) is 13.3. The van der Waals surface area contributed by atoms with E-state index in [0.29, 0.717) is 17.9 Å². The highest BCUT2D eigenvalue weighted by molar-refractivity contribution is 9.11. The third-order valence-corrected chi connectivity index (χ3v) is 5.45. The molecule has 4 N–H and O–H groups in total. The number of hydrogen-bond donors (Lipinski definition) is 4. The molecule has 9 heteroatoms. The van der Waals surface area contributed by atoms with Crippen molar-refractivity contribution in [3.63, 3.8) is 0 Å². The van der Waals surface area contributed by atoms with Crippen LogP contribution in [0.15, 0.2) is 62.6 Å². The first-order valence-corrected chi connectivity index (χ1v) is 10.6. The number of nitrogens with one attached hydrogen (secondary N) is 1. The van der Waals surface area contributed by atoms with Crippen LogP contribution in [0.3, 0.4) is 0 Å². The van der Waals surface area contributed by atoms with Crippen LogP contribution in [0.1, 0.15) is 27.0 Å². The fourth-order valence-electron chi connectivity index (χ4n) is 2.65. The van der Waals surface area contributed by atoms with Gasteiger partial charge in [0.05, 0.1) is 15.2 Å². The van der Waals surface area contributed by atoms with Crippen molar-refractivity contribution < 1.29 is 24.9 Å². The predicted molar refractivity (Wildman–Crippen MR) is 124 cm³/mol. The van der Waals surface area contributed by atoms with Crippen molar-refractivity contribution in [3.05, 3.63) is 79.7 Å². The van der Waals surface area contributed by atoms with Crippen LogP contribution < -0.4 is 10.2 Å². The van der Waals surface area contributed by atoms with Crippen molar-refractivity contribution in [2.45, 2.75) is 13.5 Å². The lowest BCUT2D eigenvalue weighted by molar-refractivity contribution is 0.0955. The van der Waals surface area contributed by atoms with Crippen molar-refractivity contribution in [2.75, 3.05) is 0 Å². The van der Waals surface area contributed by atoms with Gasteiger partial charge in [-0.2, -0.15) is 5.10 Å². The first-order valence-electron chi connectivity index (χ1n) is 9.01. The van der Waals surface area contributed by atoms with E-state index in [9.17, 15) is 20.1 Å². The zero-order valence-corrected chi connectivity index (χ0v) is 19.4. The van der Waals surface area contributed by atoms with Gasteiger partial charge >= 0.3 is 0 Å². The third-order valence-electron chi connectivity index (χ3n) is 4.27. The van der Waals surface area contributed by atoms with E-state index in [0.717, 1.165) is 26.3 Å². The average Bonchev–Trinajstić information content (AvgIpc) is 2.73. The number of phenolic OH excluding ortho intramolecular Hbond substituents is 3. The summed E-state index contributed by atoms with van der Waals surface area (Å²) in [6.07, 6.45) is 1.16. The van der Waals surface area contributed by atoms with Crippen LogP contribution in [0, 0.1) is 6.92 Å². The van der Waals surface area contributed by atoms with E-state index in [2.05, 4.69) is 42.4 Å². The van der Waals surface area contributed by atoms with E-state index in [4.69, 9.17) is 4.74 Å². The number of benzene rings is 3. The van der Waals surface area contributed by atoms with Crippen LogP contribution >= 0.6 is 31.9 Å². The number of aryl methyl sites for hydroxylation is 1. The quantitative estimate of drug-likeness (QED) is 0.197. The Balaban J connectivity index is 1.60. The number of aromatic hydroxyl groups is 3. The Morgan fingerprint density at radius 2 is 1.68 bits per heavy atom. The molecule has 160 valence electrons. The van der Waals surface area contributed by atoms with Crippen molar-refractivity contribution >= 4 is 44.0 Å². The molecule has 0 aliphatic carbocycles. The van der Waals surface area contributed by atoms with Gasteiger partial charge in [0.25, 0.3) is 5.91 Å². The second-order valence-electron chi connectivity index (χ2n) is 6.61. The number of halogens is 2. The van der Waals surface area contributed by atoms with Gasteiger partial charge < -0.3 is 20.1 Å². The topological polar surface area (TPSA) is 111 Å². The molecule has 0 aliphatic rings. The third kappa shape index (κ3) is 5.56. The van der Waals surface area contributed by atoms with Crippen molar-refractivity contribution in [2.24, 2.45) is 5.10 Å². The Bertz CT molecular complexity index is 1120. The highest BCUT2D eigenvalue weighted by atomic mass is 79.9. The Labute approximate surface area is 195 Å². The number of amides is 1. The van der Waals surface area contributed by atoms with Gasteiger partial charge in [-0.3, -0.25) is 4.79 Å². The van der Waals surface area contributed by atoms with Gasteiger partial charge in [0.2, 0.25) is 5.75 Å². The van der Waals surface area contributed by atoms with Gasteiger partial charge in [-0.15, -0.1) is 0 Å². The monoisotopic (exact) mass is 548 g/mol. The molecule has 0 heterocycles. The largest absolute Gasteiger partial charge is 0.504 e. The van der Waals surface area contributed by atoms with Gasteiger partial charge in [-0.25, -0.2) is 5.43 Å². The Morgan fingerprint density at radius 1 is 1.03 bits per heavy atom. The Hall–Kier alpha value is -3.04. The second kappa shape index (κ2) is 9.84. The zero-order chi connectivity index (χ0) is 22.5. The number of carbonyl (C=O) groups is 1. The normalized spacial score (nSPS) is 10.9. The molecule has 0 saturated carbocycles. The molecule has 0 fully saturated rings. The summed E-state index contributed by atoms with van der Waals surface area (Å²) in [5.74, 6) is -1.39. The van der Waals surface area contributed by atoms with Gasteiger partial charge in [0.1, 0.15) is 12.4 Å². The average molecular weight is 550 g/mol. The second-order valence-corrected chi connectivity index (χ2v) is 8.32. The molecule has 0 bridgehead atoms. The van der Waals surface area contributed by atoms with Gasteiger partial charge in [0, 0.05) is 11.1 Å². The molecule has 3 aromatic rings. The molecule has 31 heavy (non-hydrogen) atoms. The van der Waals surface area contributed by atoms with E-state index >= 15 is 0 Å². The molecule has 0 aliphatic heterocycles. The molecule has 0 unspecified atom stereocenters. The summed E-state index contributed by atoms with van der Waals surface area (Å²) >= 11 is 6.98. The summed E-state index contributed by atoms with van der Waals surface area (Å²) in [6.45, 7) is 2.31. The minimum absolute atomic E-state index is 0.136. The molecule has 0 aromatic heterocycles. The number of ether oxygens (including phenoxy) is 1. The SMILES string of the molecule is Cc1cc(Br)c(OCc2ccc(C(=O)NN=Cc3ccc(O)c(O)c3O)cc2)c(Br)c1. The smallest absolute Gasteiger partial charge is 0.271 e. The molecule has 0 atom stereocenters. The molecular formula is C22H18Br2N2O5. The number of phenols is 3. The van der Waals surface area contributed by atoms with Gasteiger partial charge in [-0.1, -0.05) is 12.1 Å². The fraction of sp³-hybridized carbons (Fsp3) is 0.0909. The number of nitrogens with zero attached hydrogens (tertiary/aromatic N) is 1. The summed E-state index contributed by atoms with van der Waals surface area (Å²) in [5, 5.41) is 32.3. The summed E-state index contributed by atoms with van der Waals surface area (Å²) in [7, 11) is 0. The summed E-state index contributed by atoms with van der Waals surface area (Å²) < 4.78 is 7.57. The lowest BCUT2D eigenvalue weighted by Crippen LogP contribution is -2.17. The lowest BCUT2D eigenvalue weighted by atomic mass is 10.1. The maximum absolute atomic E-state index is 12.2. The van der Waals surface area contributed by atoms with E-state index in [1.165, 1.54) is 12.1 Å². The van der Waals surface area contributed by atoms with Gasteiger partial charge in [0.15, 0.2) is 11.5 Å². The molecule has 0 radical (unpaired) electrons. The maximum Gasteiger partial charge on any atom is 0.271 e. The summed E-state index contributed by atoms with van der Waals surface area (Å²) in [4.78, 5) is 12.2. The van der Waals surface area contributed by atoms with Crippen molar-refractivity contribution in [3.8, 4) is 23.0 Å². The van der Waals surface area contributed by atoms with E-state index in [-0.39, 0.29) is 5.56 Å². The van der Waals surface area contributed by atoms with Crippen LogP contribution in [0.25, 0.3) is 0 Å². The molecule has 0 spiro atoms. The Kier molecular flexibility index (Phi) is 7.19. The first kappa shape index (κ1) is 22.6. The van der Waals surface area contributed by atoms with E-state index < -0.39 is 23.2 Å². The standard InChI is InChI=1S/C22H18Br2N2O5/c1-12-8-16(23)21(17(24)9-12)31-11-13-2-4-14(5-3-13)22(30)26-25-10-15-6-7-18(27)20(29)19(15)28/h2-10,27-29H,11H2,1H3,(H,26,30). The van der Waals surface area contributed by atoms with Crippen LogP contribution in [0.2, 0.25) is 0 Å². The molecule has 3 rings (SSSR count). The van der Waals surface area contributed by atoms with Crippen molar-refractivity contribution in [1.29, 1.82) is 0 Å². The van der Waals surface area contributed by atoms with Crippen LogP contribution in [-0.4, -0.2) is 27.4 Å². The van der Waals surface area contributed by atoms with Gasteiger partial charge in [-0.05, 0) is 86.3 Å². The predicted octanol–water partition coefficient (Wildman–Crippen LogP) is 4.98. The highest BCUT2D eigenvalue weighted by Crippen LogP contribution is 2.36. The van der Waals surface area contributed by atoms with Crippen LogP contribution in [-0.2, 0) is 6.61 Å². The number of hydrazone groups is 1. The lowest BCUT2D eigenvalue weighted by Gasteiger charge is -2.11. The Morgan fingerprint density at radius 3 is 2.32 bits per heavy atom. The first-order chi connectivity index (χ1) is 14.8. The number of carbonyl (C=O) groups excluding carboxylic acids is 1. The van der Waals surface area contributed by atoms with Crippen LogP contribution in [0.5, 0.6) is 23.0 Å². The molecular weight excluding hydrogens is 532 g/mol. The fourth-order valence-corrected chi connectivity index (χ4v) is 4.29. The molecule has 7 nitrogen and oxygen atoms in total. The molecule has 3 aromatic carbocycles.